The summed E-state index contributed by atoms with van der Waals surface area (Å²) in [6.07, 6.45) is 1.61. The number of ether oxygens (including phenoxy) is 1. The summed E-state index contributed by atoms with van der Waals surface area (Å²) < 4.78 is 6.27. The number of benzene rings is 4. The van der Waals surface area contributed by atoms with Crippen molar-refractivity contribution in [3.05, 3.63) is 114 Å². The van der Waals surface area contributed by atoms with Crippen molar-refractivity contribution in [2.45, 2.75) is 32.9 Å². The fraction of sp³-hybridized carbons (Fsp3) is 0.194. The van der Waals surface area contributed by atoms with Gasteiger partial charge in [0, 0.05) is 16.9 Å². The summed E-state index contributed by atoms with van der Waals surface area (Å²) in [6, 6.07) is 32.3. The minimum Gasteiger partial charge on any atom is -0.493 e. The molecule has 1 aliphatic heterocycles. The first kappa shape index (κ1) is 22.7. The summed E-state index contributed by atoms with van der Waals surface area (Å²) in [7, 11) is 0. The monoisotopic (exact) mass is 462 g/mol. The van der Waals surface area contributed by atoms with E-state index >= 15 is 0 Å². The van der Waals surface area contributed by atoms with Gasteiger partial charge in [0.25, 0.3) is 5.91 Å². The lowest BCUT2D eigenvalue weighted by atomic mass is 9.97. The Morgan fingerprint density at radius 3 is 2.34 bits per heavy atom. The van der Waals surface area contributed by atoms with Gasteiger partial charge in [-0.1, -0.05) is 79.6 Å². The van der Waals surface area contributed by atoms with E-state index in [0.717, 1.165) is 46.7 Å². The van der Waals surface area contributed by atoms with Gasteiger partial charge in [0.15, 0.2) is 0 Å². The molecular formula is C31H30N2O2. The molecule has 0 aliphatic carbocycles. The summed E-state index contributed by atoms with van der Waals surface area (Å²) in [5.74, 6) is 0.760. The van der Waals surface area contributed by atoms with E-state index in [0.29, 0.717) is 12.2 Å². The van der Waals surface area contributed by atoms with Crippen molar-refractivity contribution in [3.8, 4) is 16.9 Å². The van der Waals surface area contributed by atoms with Gasteiger partial charge >= 0.3 is 0 Å². The molecule has 0 saturated carbocycles. The number of unbranched alkanes of at least 4 members (excludes halogenated alkanes) is 1. The molecule has 0 saturated heterocycles. The highest BCUT2D eigenvalue weighted by Crippen LogP contribution is 2.41. The number of nitrogens with one attached hydrogen (secondary N) is 1. The average Bonchev–Trinajstić information content (AvgIpc) is 2.90. The largest absolute Gasteiger partial charge is 0.493 e. The predicted octanol–water partition coefficient (Wildman–Crippen LogP) is 7.61. The van der Waals surface area contributed by atoms with Gasteiger partial charge in [0.05, 0.1) is 12.2 Å². The number of carbonyl (C=O) groups is 1. The zero-order valence-electron chi connectivity index (χ0n) is 20.2. The third kappa shape index (κ3) is 4.65. The van der Waals surface area contributed by atoms with Crippen molar-refractivity contribution in [2.75, 3.05) is 16.8 Å². The second kappa shape index (κ2) is 10.1. The number of fused-ring (bicyclic) bond motifs is 1. The van der Waals surface area contributed by atoms with Crippen LogP contribution in [-0.2, 0) is 0 Å². The zero-order chi connectivity index (χ0) is 24.2. The second-order valence-electron chi connectivity index (χ2n) is 8.92. The molecule has 1 heterocycles. The maximum absolute atomic E-state index is 13.8. The van der Waals surface area contributed by atoms with E-state index in [4.69, 9.17) is 4.74 Å². The number of amides is 1. The van der Waals surface area contributed by atoms with Crippen LogP contribution in [0.3, 0.4) is 0 Å². The van der Waals surface area contributed by atoms with E-state index in [9.17, 15) is 4.79 Å². The third-order valence-electron chi connectivity index (χ3n) is 6.41. The van der Waals surface area contributed by atoms with Crippen LogP contribution in [0.2, 0.25) is 0 Å². The SMILES string of the molecule is CCCCOc1ccc(-c2ccc(C)cc2)cc1[C@H]1Nc2ccccc2C(=O)N1c1ccccc1. The Labute approximate surface area is 207 Å². The van der Waals surface area contributed by atoms with Crippen LogP contribution >= 0.6 is 0 Å². The molecule has 0 radical (unpaired) electrons. The molecule has 1 N–H and O–H groups in total. The molecule has 4 nitrogen and oxygen atoms in total. The smallest absolute Gasteiger partial charge is 0.262 e. The molecule has 35 heavy (non-hydrogen) atoms. The van der Waals surface area contributed by atoms with Gasteiger partial charge in [-0.3, -0.25) is 9.69 Å². The van der Waals surface area contributed by atoms with Crippen LogP contribution < -0.4 is 15.0 Å². The Bertz CT molecular complexity index is 1320. The topological polar surface area (TPSA) is 41.6 Å². The van der Waals surface area contributed by atoms with E-state index in [1.54, 1.807) is 0 Å². The Morgan fingerprint density at radius 2 is 1.57 bits per heavy atom. The number of rotatable bonds is 7. The van der Waals surface area contributed by atoms with Crippen molar-refractivity contribution >= 4 is 17.3 Å². The summed E-state index contributed by atoms with van der Waals surface area (Å²) >= 11 is 0. The number of anilines is 2. The van der Waals surface area contributed by atoms with Crippen LogP contribution in [0.25, 0.3) is 11.1 Å². The van der Waals surface area contributed by atoms with Crippen LogP contribution in [0.5, 0.6) is 5.75 Å². The molecule has 1 amide bonds. The average molecular weight is 463 g/mol. The molecular weight excluding hydrogens is 432 g/mol. The first-order valence-corrected chi connectivity index (χ1v) is 12.2. The quantitative estimate of drug-likeness (QED) is 0.287. The number of nitrogens with zero attached hydrogens (tertiary/aromatic N) is 1. The minimum atomic E-state index is -0.415. The molecule has 1 atom stereocenters. The molecule has 5 rings (SSSR count). The number of para-hydroxylation sites is 2. The molecule has 0 spiro atoms. The second-order valence-corrected chi connectivity index (χ2v) is 8.92. The van der Waals surface area contributed by atoms with Gasteiger partial charge in [-0.05, 0) is 60.9 Å². The molecule has 1 aliphatic rings. The van der Waals surface area contributed by atoms with Crippen molar-refractivity contribution in [2.24, 2.45) is 0 Å². The lowest BCUT2D eigenvalue weighted by Crippen LogP contribution is -2.43. The van der Waals surface area contributed by atoms with Crippen LogP contribution in [0, 0.1) is 6.92 Å². The van der Waals surface area contributed by atoms with E-state index in [-0.39, 0.29) is 5.91 Å². The summed E-state index contributed by atoms with van der Waals surface area (Å²) in [5, 5.41) is 3.64. The van der Waals surface area contributed by atoms with Crippen LogP contribution in [-0.4, -0.2) is 12.5 Å². The first-order chi connectivity index (χ1) is 17.2. The fourth-order valence-corrected chi connectivity index (χ4v) is 4.47. The van der Waals surface area contributed by atoms with Crippen LogP contribution in [0.4, 0.5) is 11.4 Å². The molecule has 4 aromatic carbocycles. The van der Waals surface area contributed by atoms with Gasteiger partial charge < -0.3 is 10.1 Å². The van der Waals surface area contributed by atoms with Crippen molar-refractivity contribution in [1.29, 1.82) is 0 Å². The number of carbonyl (C=O) groups excluding carboxylic acids is 1. The van der Waals surface area contributed by atoms with Gasteiger partial charge in [-0.25, -0.2) is 0 Å². The highest BCUT2D eigenvalue weighted by Gasteiger charge is 2.35. The van der Waals surface area contributed by atoms with Crippen molar-refractivity contribution < 1.29 is 9.53 Å². The van der Waals surface area contributed by atoms with E-state index < -0.39 is 6.17 Å². The van der Waals surface area contributed by atoms with Gasteiger partial charge in [-0.2, -0.15) is 0 Å². The van der Waals surface area contributed by atoms with Crippen LogP contribution in [0.15, 0.2) is 97.1 Å². The van der Waals surface area contributed by atoms with Crippen molar-refractivity contribution in [1.82, 2.24) is 0 Å². The number of hydrogen-bond donors (Lipinski definition) is 1. The minimum absolute atomic E-state index is 0.0317. The van der Waals surface area contributed by atoms with Gasteiger partial charge in [0.1, 0.15) is 11.9 Å². The summed E-state index contributed by atoms with van der Waals surface area (Å²) in [5.41, 5.74) is 6.70. The molecule has 4 heteroatoms. The maximum atomic E-state index is 13.8. The van der Waals surface area contributed by atoms with E-state index in [2.05, 4.69) is 55.6 Å². The first-order valence-electron chi connectivity index (χ1n) is 12.2. The number of hydrogen-bond acceptors (Lipinski definition) is 3. The maximum Gasteiger partial charge on any atom is 0.262 e. The molecule has 0 bridgehead atoms. The highest BCUT2D eigenvalue weighted by molar-refractivity contribution is 6.12. The predicted molar refractivity (Wildman–Crippen MR) is 143 cm³/mol. The third-order valence-corrected chi connectivity index (χ3v) is 6.41. The van der Waals surface area contributed by atoms with Crippen molar-refractivity contribution in [3.63, 3.8) is 0 Å². The Kier molecular flexibility index (Phi) is 6.53. The highest BCUT2D eigenvalue weighted by atomic mass is 16.5. The lowest BCUT2D eigenvalue weighted by molar-refractivity contribution is 0.0974. The normalized spacial score (nSPS) is 14.9. The Hall–Kier alpha value is -4.05. The Morgan fingerprint density at radius 1 is 0.857 bits per heavy atom. The zero-order valence-corrected chi connectivity index (χ0v) is 20.2. The number of aryl methyl sites for hydroxylation is 1. The van der Waals surface area contributed by atoms with Crippen LogP contribution in [0.1, 0.15) is 47.4 Å². The summed E-state index contributed by atoms with van der Waals surface area (Å²) in [4.78, 5) is 15.6. The standard InChI is InChI=1S/C31H30N2O2/c1-3-4-20-35-29-19-18-24(23-16-14-22(2)15-17-23)21-27(29)30-32-28-13-9-8-12-26(28)31(34)33(30)25-10-6-5-7-11-25/h5-19,21,30,32H,3-4,20H2,1-2H3/t30-/m0/s1. The molecule has 176 valence electrons. The van der Waals surface area contributed by atoms with E-state index in [1.807, 2.05) is 65.6 Å². The molecule has 0 fully saturated rings. The van der Waals surface area contributed by atoms with Gasteiger partial charge in [-0.15, -0.1) is 0 Å². The van der Waals surface area contributed by atoms with Gasteiger partial charge in [0.2, 0.25) is 0 Å². The summed E-state index contributed by atoms with van der Waals surface area (Å²) in [6.45, 7) is 4.88. The lowest BCUT2D eigenvalue weighted by Gasteiger charge is -2.38. The molecule has 0 aromatic heterocycles. The fourth-order valence-electron chi connectivity index (χ4n) is 4.47. The van der Waals surface area contributed by atoms with E-state index in [1.165, 1.54) is 5.56 Å². The molecule has 0 unspecified atom stereocenters. The Balaban J connectivity index is 1.65. The molecule has 4 aromatic rings.